The van der Waals surface area contributed by atoms with E-state index in [1.807, 2.05) is 47.7 Å². The molecular weight excluding hydrogens is 308 g/mol. The number of rotatable bonds is 6. The Morgan fingerprint density at radius 3 is 2.42 bits per heavy atom. The van der Waals surface area contributed by atoms with Crippen LogP contribution in [0.3, 0.4) is 0 Å². The molecule has 0 amide bonds. The van der Waals surface area contributed by atoms with Crippen molar-refractivity contribution in [2.24, 2.45) is 0 Å². The summed E-state index contributed by atoms with van der Waals surface area (Å²) in [6.07, 6.45) is 1.88. The van der Waals surface area contributed by atoms with Crippen molar-refractivity contribution in [1.82, 2.24) is 5.32 Å². The minimum absolute atomic E-state index is 0.303. The first kappa shape index (κ1) is 19.0. The van der Waals surface area contributed by atoms with Gasteiger partial charge in [0.15, 0.2) is 0 Å². The molecule has 0 aliphatic carbocycles. The zero-order chi connectivity index (χ0) is 18.0. The van der Waals surface area contributed by atoms with E-state index in [9.17, 15) is 4.39 Å². The Kier molecular flexibility index (Phi) is 5.73. The van der Waals surface area contributed by atoms with Gasteiger partial charge in [0.25, 0.3) is 0 Å². The maximum absolute atomic E-state index is 13.7. The molecule has 1 N–H and O–H groups in total. The lowest BCUT2D eigenvalue weighted by Gasteiger charge is -2.32. The standard InChI is InChI=1S/C18H27BFNO3/c1-7-22-16-9-8-15(20)11-13(16)10-14(12-21-6)19-23-17(2,3)18(4,5)24-19/h8-11,21H,7,12H2,1-6H3. The van der Waals surface area contributed by atoms with E-state index in [4.69, 9.17) is 14.0 Å². The van der Waals surface area contributed by atoms with Crippen LogP contribution in [0.4, 0.5) is 4.39 Å². The van der Waals surface area contributed by atoms with Crippen LogP contribution in [-0.2, 0) is 9.31 Å². The number of ether oxygens (including phenoxy) is 1. The Hall–Kier alpha value is -1.37. The molecule has 1 aromatic carbocycles. The molecule has 6 heteroatoms. The first-order valence-corrected chi connectivity index (χ1v) is 8.33. The number of nitrogens with one attached hydrogen (secondary N) is 1. The Balaban J connectivity index is 2.38. The van der Waals surface area contributed by atoms with E-state index in [2.05, 4.69) is 5.32 Å². The van der Waals surface area contributed by atoms with Crippen molar-refractivity contribution >= 4 is 13.2 Å². The van der Waals surface area contributed by atoms with Crippen molar-refractivity contribution in [3.05, 3.63) is 35.1 Å². The van der Waals surface area contributed by atoms with Gasteiger partial charge >= 0.3 is 7.12 Å². The van der Waals surface area contributed by atoms with Crippen LogP contribution >= 0.6 is 0 Å². The van der Waals surface area contributed by atoms with Gasteiger partial charge in [0, 0.05) is 12.1 Å². The third kappa shape index (κ3) is 3.99. The summed E-state index contributed by atoms with van der Waals surface area (Å²) >= 11 is 0. The van der Waals surface area contributed by atoms with Gasteiger partial charge in [-0.1, -0.05) is 6.08 Å². The van der Waals surface area contributed by atoms with Crippen molar-refractivity contribution in [2.45, 2.75) is 45.8 Å². The number of hydrogen-bond donors (Lipinski definition) is 1. The summed E-state index contributed by atoms with van der Waals surface area (Å²) in [5, 5.41) is 3.12. The zero-order valence-electron chi connectivity index (χ0n) is 15.4. The summed E-state index contributed by atoms with van der Waals surface area (Å²) in [5.41, 5.74) is 0.726. The molecule has 0 radical (unpaired) electrons. The Morgan fingerprint density at radius 1 is 1.25 bits per heavy atom. The number of halogens is 1. The summed E-state index contributed by atoms with van der Waals surface area (Å²) in [6.45, 7) is 11.0. The Morgan fingerprint density at radius 2 is 1.88 bits per heavy atom. The monoisotopic (exact) mass is 335 g/mol. The fourth-order valence-corrected chi connectivity index (χ4v) is 2.52. The highest BCUT2D eigenvalue weighted by atomic mass is 19.1. The fraction of sp³-hybridized carbons (Fsp3) is 0.556. The topological polar surface area (TPSA) is 39.7 Å². The number of hydrogen-bond acceptors (Lipinski definition) is 4. The van der Waals surface area contributed by atoms with E-state index in [0.29, 0.717) is 24.5 Å². The molecule has 24 heavy (non-hydrogen) atoms. The maximum Gasteiger partial charge on any atom is 0.491 e. The van der Waals surface area contributed by atoms with Gasteiger partial charge in [-0.15, -0.1) is 0 Å². The van der Waals surface area contributed by atoms with Crippen LogP contribution in [0, 0.1) is 5.82 Å². The van der Waals surface area contributed by atoms with E-state index in [0.717, 1.165) is 5.47 Å². The van der Waals surface area contributed by atoms with Gasteiger partial charge in [-0.05, 0) is 65.3 Å². The molecule has 4 nitrogen and oxygen atoms in total. The third-order valence-corrected chi connectivity index (χ3v) is 4.55. The number of benzene rings is 1. The van der Waals surface area contributed by atoms with Crippen LogP contribution in [0.1, 0.15) is 40.2 Å². The average molecular weight is 335 g/mol. The summed E-state index contributed by atoms with van der Waals surface area (Å²) in [7, 11) is 1.37. The molecule has 132 valence electrons. The van der Waals surface area contributed by atoms with Crippen molar-refractivity contribution in [3.63, 3.8) is 0 Å². The molecule has 0 spiro atoms. The largest absolute Gasteiger partial charge is 0.493 e. The van der Waals surface area contributed by atoms with E-state index >= 15 is 0 Å². The predicted molar refractivity (Wildman–Crippen MR) is 95.6 cm³/mol. The van der Waals surface area contributed by atoms with Gasteiger partial charge in [-0.3, -0.25) is 0 Å². The molecular formula is C18H27BFNO3. The second-order valence-electron chi connectivity index (χ2n) is 6.95. The second-order valence-corrected chi connectivity index (χ2v) is 6.95. The molecule has 0 bridgehead atoms. The molecule has 0 unspecified atom stereocenters. The maximum atomic E-state index is 13.7. The molecule has 1 aliphatic heterocycles. The summed E-state index contributed by atoms with van der Waals surface area (Å²) in [6, 6.07) is 4.51. The van der Waals surface area contributed by atoms with Crippen molar-refractivity contribution < 1.29 is 18.4 Å². The van der Waals surface area contributed by atoms with Gasteiger partial charge in [0.1, 0.15) is 11.6 Å². The summed E-state index contributed by atoms with van der Waals surface area (Å²) < 4.78 is 31.5. The second kappa shape index (κ2) is 7.25. The summed E-state index contributed by atoms with van der Waals surface area (Å²) in [5.74, 6) is 0.339. The predicted octanol–water partition coefficient (Wildman–Crippen LogP) is 3.46. The molecule has 0 atom stereocenters. The minimum atomic E-state index is -0.486. The smallest absolute Gasteiger partial charge is 0.491 e. The van der Waals surface area contributed by atoms with Crippen molar-refractivity contribution in [2.75, 3.05) is 20.2 Å². The Bertz CT molecular complexity index is 600. The zero-order valence-corrected chi connectivity index (χ0v) is 15.4. The van der Waals surface area contributed by atoms with Gasteiger partial charge in [0.2, 0.25) is 0 Å². The van der Waals surface area contributed by atoms with E-state index in [-0.39, 0.29) is 5.82 Å². The van der Waals surface area contributed by atoms with Crippen molar-refractivity contribution in [3.8, 4) is 5.75 Å². The summed E-state index contributed by atoms with van der Waals surface area (Å²) in [4.78, 5) is 0. The normalized spacial score (nSPS) is 19.6. The molecule has 1 saturated heterocycles. The molecule has 1 aromatic rings. The SMILES string of the molecule is CCOc1ccc(F)cc1C=C(CNC)B1OC(C)(C)C(C)(C)O1. The average Bonchev–Trinajstić information content (AvgIpc) is 2.70. The Labute approximate surface area is 144 Å². The highest BCUT2D eigenvalue weighted by Crippen LogP contribution is 2.39. The van der Waals surface area contributed by atoms with Gasteiger partial charge in [-0.2, -0.15) is 0 Å². The van der Waals surface area contributed by atoms with Crippen molar-refractivity contribution in [1.29, 1.82) is 0 Å². The molecule has 1 fully saturated rings. The van der Waals surface area contributed by atoms with Crippen LogP contribution in [-0.4, -0.2) is 38.5 Å². The lowest BCUT2D eigenvalue weighted by Crippen LogP contribution is -2.41. The fourth-order valence-electron chi connectivity index (χ4n) is 2.52. The van der Waals surface area contributed by atoms with Crippen LogP contribution in [0.15, 0.2) is 23.7 Å². The van der Waals surface area contributed by atoms with Crippen LogP contribution in [0.2, 0.25) is 0 Å². The van der Waals surface area contributed by atoms with Crippen LogP contribution < -0.4 is 10.1 Å². The van der Waals surface area contributed by atoms with Crippen LogP contribution in [0.25, 0.3) is 6.08 Å². The number of likely N-dealkylation sites (N-methyl/N-ethyl adjacent to an activating group) is 1. The van der Waals surface area contributed by atoms with E-state index in [1.165, 1.54) is 12.1 Å². The van der Waals surface area contributed by atoms with Gasteiger partial charge in [-0.25, -0.2) is 4.39 Å². The highest BCUT2D eigenvalue weighted by Gasteiger charge is 2.52. The molecule has 2 rings (SSSR count). The minimum Gasteiger partial charge on any atom is -0.493 e. The molecule has 1 heterocycles. The lowest BCUT2D eigenvalue weighted by molar-refractivity contribution is 0.00578. The molecule has 1 aliphatic rings. The quantitative estimate of drug-likeness (QED) is 0.809. The van der Waals surface area contributed by atoms with Crippen LogP contribution in [0.5, 0.6) is 5.75 Å². The first-order chi connectivity index (χ1) is 11.2. The van der Waals surface area contributed by atoms with E-state index < -0.39 is 18.3 Å². The van der Waals surface area contributed by atoms with Gasteiger partial charge in [0.05, 0.1) is 17.8 Å². The lowest BCUT2D eigenvalue weighted by atomic mass is 9.77. The van der Waals surface area contributed by atoms with Gasteiger partial charge < -0.3 is 19.4 Å². The third-order valence-electron chi connectivity index (χ3n) is 4.55. The molecule has 0 saturated carbocycles. The van der Waals surface area contributed by atoms with E-state index in [1.54, 1.807) is 6.07 Å². The first-order valence-electron chi connectivity index (χ1n) is 8.33. The highest BCUT2D eigenvalue weighted by molar-refractivity contribution is 6.56. The molecule has 0 aromatic heterocycles.